The van der Waals surface area contributed by atoms with E-state index >= 15 is 0 Å². The molecule has 1 atom stereocenters. The van der Waals surface area contributed by atoms with Gasteiger partial charge in [0.1, 0.15) is 0 Å². The first kappa shape index (κ1) is 22.6. The maximum atomic E-state index is 13.2. The molecule has 0 aliphatic carbocycles. The summed E-state index contributed by atoms with van der Waals surface area (Å²) in [5.74, 6) is -2.08. The number of halogens is 1. The van der Waals surface area contributed by atoms with Gasteiger partial charge in [0, 0.05) is 29.2 Å². The number of rotatable bonds is 5. The Hall–Kier alpha value is -3.58. The molecule has 0 spiro atoms. The summed E-state index contributed by atoms with van der Waals surface area (Å²) in [7, 11) is 0. The molecule has 33 heavy (non-hydrogen) atoms. The molecular formula is C25H23ClN2O5. The van der Waals surface area contributed by atoms with E-state index in [4.69, 9.17) is 16.0 Å². The van der Waals surface area contributed by atoms with Crippen LogP contribution in [0.5, 0.6) is 0 Å². The summed E-state index contributed by atoms with van der Waals surface area (Å²) in [6.45, 7) is 2.51. The smallest absolute Gasteiger partial charge is 0.337 e. The van der Waals surface area contributed by atoms with E-state index in [0.717, 1.165) is 11.1 Å². The lowest BCUT2D eigenvalue weighted by molar-refractivity contribution is -0.121. The lowest BCUT2D eigenvalue weighted by atomic mass is 9.95. The maximum absolute atomic E-state index is 13.2. The molecule has 0 saturated carbocycles. The van der Waals surface area contributed by atoms with Gasteiger partial charge >= 0.3 is 5.97 Å². The van der Waals surface area contributed by atoms with Crippen molar-refractivity contribution in [3.63, 3.8) is 0 Å². The van der Waals surface area contributed by atoms with E-state index in [1.165, 1.54) is 6.07 Å². The topological polar surface area (TPSA) is 99.9 Å². The predicted molar refractivity (Wildman–Crippen MR) is 125 cm³/mol. The van der Waals surface area contributed by atoms with Crippen molar-refractivity contribution in [2.45, 2.75) is 19.8 Å². The Balaban J connectivity index is 1.49. The number of benzene rings is 2. The van der Waals surface area contributed by atoms with Gasteiger partial charge in [-0.15, -0.1) is 0 Å². The molecule has 0 radical (unpaired) electrons. The first-order chi connectivity index (χ1) is 15.8. The minimum atomic E-state index is -1.17. The number of hydrogen-bond donors (Lipinski definition) is 2. The minimum absolute atomic E-state index is 0.0619. The average Bonchev–Trinajstić information content (AvgIpc) is 3.35. The number of nitrogens with one attached hydrogen (secondary N) is 1. The van der Waals surface area contributed by atoms with Gasteiger partial charge in [0.05, 0.1) is 29.7 Å². The number of carboxylic acid groups (broad SMARTS) is 1. The van der Waals surface area contributed by atoms with E-state index < -0.39 is 11.9 Å². The Labute approximate surface area is 196 Å². The van der Waals surface area contributed by atoms with Crippen LogP contribution in [0.15, 0.2) is 59.4 Å². The molecule has 1 aromatic heterocycles. The molecule has 8 heteroatoms. The summed E-state index contributed by atoms with van der Waals surface area (Å²) in [6, 6.07) is 12.0. The summed E-state index contributed by atoms with van der Waals surface area (Å²) in [6.07, 6.45) is 4.49. The van der Waals surface area contributed by atoms with Gasteiger partial charge in [-0.25, -0.2) is 4.79 Å². The fourth-order valence-electron chi connectivity index (χ4n) is 4.12. The largest absolute Gasteiger partial charge is 0.478 e. The standard InChI is InChI=1S/C25H23ClN2O5/c1-15-10-20(26)12-21(25(31)32)22(15)27-23(29)18-6-3-8-28(13-18)24(30)17-5-2-4-16(11-17)19-7-9-33-14-19/h2,4-5,7,9-12,14,18H,3,6,8,13H2,1H3,(H,27,29)(H,31,32). The van der Waals surface area contributed by atoms with Crippen LogP contribution in [-0.4, -0.2) is 40.9 Å². The molecule has 2 amide bonds. The fraction of sp³-hybridized carbons (Fsp3) is 0.240. The van der Waals surface area contributed by atoms with Crippen molar-refractivity contribution >= 4 is 35.1 Å². The van der Waals surface area contributed by atoms with Crippen LogP contribution in [0, 0.1) is 12.8 Å². The predicted octanol–water partition coefficient (Wildman–Crippen LogP) is 5.10. The number of carbonyl (C=O) groups is 3. The molecule has 1 unspecified atom stereocenters. The highest BCUT2D eigenvalue weighted by Crippen LogP contribution is 2.28. The summed E-state index contributed by atoms with van der Waals surface area (Å²) >= 11 is 5.98. The third kappa shape index (κ3) is 4.93. The number of aryl methyl sites for hydroxylation is 1. The van der Waals surface area contributed by atoms with Crippen molar-refractivity contribution in [2.24, 2.45) is 5.92 Å². The van der Waals surface area contributed by atoms with Gasteiger partial charge in [-0.05, 0) is 61.2 Å². The maximum Gasteiger partial charge on any atom is 0.337 e. The Morgan fingerprint density at radius 3 is 2.70 bits per heavy atom. The van der Waals surface area contributed by atoms with Crippen LogP contribution in [0.3, 0.4) is 0 Å². The second kappa shape index (κ2) is 9.50. The highest BCUT2D eigenvalue weighted by atomic mass is 35.5. The van der Waals surface area contributed by atoms with Crippen LogP contribution in [0.25, 0.3) is 11.1 Å². The van der Waals surface area contributed by atoms with Crippen LogP contribution >= 0.6 is 11.6 Å². The number of likely N-dealkylation sites (tertiary alicyclic amines) is 1. The molecule has 2 aromatic carbocycles. The lowest BCUT2D eigenvalue weighted by Gasteiger charge is -2.32. The van der Waals surface area contributed by atoms with Crippen molar-refractivity contribution in [3.8, 4) is 11.1 Å². The number of furan rings is 1. The van der Waals surface area contributed by atoms with E-state index in [1.807, 2.05) is 24.3 Å². The van der Waals surface area contributed by atoms with Crippen LogP contribution in [0.4, 0.5) is 5.69 Å². The monoisotopic (exact) mass is 466 g/mol. The van der Waals surface area contributed by atoms with Gasteiger partial charge in [0.15, 0.2) is 0 Å². The lowest BCUT2D eigenvalue weighted by Crippen LogP contribution is -2.44. The van der Waals surface area contributed by atoms with Gasteiger partial charge in [-0.2, -0.15) is 0 Å². The summed E-state index contributed by atoms with van der Waals surface area (Å²) < 4.78 is 5.13. The molecule has 1 saturated heterocycles. The average molecular weight is 467 g/mol. The van der Waals surface area contributed by atoms with E-state index in [-0.39, 0.29) is 34.6 Å². The van der Waals surface area contributed by atoms with E-state index in [1.54, 1.807) is 36.5 Å². The molecule has 1 aliphatic heterocycles. The van der Waals surface area contributed by atoms with Crippen molar-refractivity contribution in [1.29, 1.82) is 0 Å². The number of piperidine rings is 1. The first-order valence-electron chi connectivity index (χ1n) is 10.6. The van der Waals surface area contributed by atoms with Crippen molar-refractivity contribution in [1.82, 2.24) is 4.90 Å². The Bertz CT molecular complexity index is 1210. The molecule has 170 valence electrons. The third-order valence-corrected chi connectivity index (χ3v) is 6.04. The SMILES string of the molecule is Cc1cc(Cl)cc(C(=O)O)c1NC(=O)C1CCCN(C(=O)c2cccc(-c3ccoc3)c2)C1. The number of carboxylic acids is 1. The summed E-state index contributed by atoms with van der Waals surface area (Å²) in [5.41, 5.74) is 3.03. The van der Waals surface area contributed by atoms with Crippen LogP contribution in [0.1, 0.15) is 39.1 Å². The van der Waals surface area contributed by atoms with Crippen molar-refractivity contribution in [2.75, 3.05) is 18.4 Å². The Morgan fingerprint density at radius 1 is 1.15 bits per heavy atom. The minimum Gasteiger partial charge on any atom is -0.478 e. The number of hydrogen-bond acceptors (Lipinski definition) is 4. The van der Waals surface area contributed by atoms with Gasteiger partial charge in [-0.1, -0.05) is 23.7 Å². The molecule has 3 aromatic rings. The van der Waals surface area contributed by atoms with Gasteiger partial charge in [0.25, 0.3) is 5.91 Å². The fourth-order valence-corrected chi connectivity index (χ4v) is 4.39. The van der Waals surface area contributed by atoms with Crippen LogP contribution in [-0.2, 0) is 4.79 Å². The molecule has 0 bridgehead atoms. The quantitative estimate of drug-likeness (QED) is 0.545. The first-order valence-corrected chi connectivity index (χ1v) is 11.0. The number of amides is 2. The number of nitrogens with zero attached hydrogens (tertiary/aromatic N) is 1. The zero-order chi connectivity index (χ0) is 23.5. The van der Waals surface area contributed by atoms with Crippen LogP contribution in [0.2, 0.25) is 5.02 Å². The van der Waals surface area contributed by atoms with E-state index in [9.17, 15) is 19.5 Å². The molecule has 2 N–H and O–H groups in total. The normalized spacial score (nSPS) is 15.8. The van der Waals surface area contributed by atoms with E-state index in [0.29, 0.717) is 30.5 Å². The summed E-state index contributed by atoms with van der Waals surface area (Å²) in [5, 5.41) is 12.5. The van der Waals surface area contributed by atoms with Crippen LogP contribution < -0.4 is 5.32 Å². The molecular weight excluding hydrogens is 444 g/mol. The highest BCUT2D eigenvalue weighted by molar-refractivity contribution is 6.31. The highest BCUT2D eigenvalue weighted by Gasteiger charge is 2.30. The van der Waals surface area contributed by atoms with Gasteiger partial charge < -0.3 is 19.7 Å². The molecule has 1 fully saturated rings. The molecule has 1 aliphatic rings. The molecule has 2 heterocycles. The Morgan fingerprint density at radius 2 is 1.97 bits per heavy atom. The van der Waals surface area contributed by atoms with Gasteiger partial charge in [-0.3, -0.25) is 9.59 Å². The second-order valence-electron chi connectivity index (χ2n) is 8.12. The molecule has 4 rings (SSSR count). The number of aromatic carboxylic acids is 1. The van der Waals surface area contributed by atoms with E-state index in [2.05, 4.69) is 5.32 Å². The zero-order valence-electron chi connectivity index (χ0n) is 18.0. The summed E-state index contributed by atoms with van der Waals surface area (Å²) in [4.78, 5) is 39.5. The number of anilines is 1. The number of carbonyl (C=O) groups excluding carboxylic acids is 2. The van der Waals surface area contributed by atoms with Gasteiger partial charge in [0.2, 0.25) is 5.91 Å². The second-order valence-corrected chi connectivity index (χ2v) is 8.56. The third-order valence-electron chi connectivity index (χ3n) is 5.82. The van der Waals surface area contributed by atoms with Crippen molar-refractivity contribution in [3.05, 3.63) is 76.7 Å². The Kier molecular flexibility index (Phi) is 6.51. The zero-order valence-corrected chi connectivity index (χ0v) is 18.8. The molecule has 7 nitrogen and oxygen atoms in total. The van der Waals surface area contributed by atoms with Crippen molar-refractivity contribution < 1.29 is 23.9 Å².